The van der Waals surface area contributed by atoms with Crippen LogP contribution in [0.25, 0.3) is 0 Å². The maximum absolute atomic E-state index is 12.6. The van der Waals surface area contributed by atoms with Gasteiger partial charge < -0.3 is 20.3 Å². The van der Waals surface area contributed by atoms with Crippen LogP contribution in [-0.4, -0.2) is 67.6 Å². The maximum atomic E-state index is 12.6. The van der Waals surface area contributed by atoms with Gasteiger partial charge >= 0.3 is 0 Å². The topological polar surface area (TPSA) is 75.9 Å². The van der Waals surface area contributed by atoms with E-state index in [2.05, 4.69) is 6.07 Å². The summed E-state index contributed by atoms with van der Waals surface area (Å²) in [5.74, 6) is 0.0239. The number of piperazine rings is 1. The van der Waals surface area contributed by atoms with Gasteiger partial charge in [0.25, 0.3) is 0 Å². The number of halogens is 1. The molecule has 1 aliphatic heterocycles. The Kier molecular flexibility index (Phi) is 6.40. The van der Waals surface area contributed by atoms with Gasteiger partial charge in [-0.3, -0.25) is 9.59 Å². The van der Waals surface area contributed by atoms with E-state index in [1.54, 1.807) is 16.9 Å². The zero-order valence-corrected chi connectivity index (χ0v) is 16.6. The highest BCUT2D eigenvalue weighted by atomic mass is 35.5. The van der Waals surface area contributed by atoms with Gasteiger partial charge in [0.2, 0.25) is 11.8 Å². The van der Waals surface area contributed by atoms with Gasteiger partial charge in [-0.05, 0) is 43.4 Å². The summed E-state index contributed by atoms with van der Waals surface area (Å²) in [6.07, 6.45) is 3.47. The van der Waals surface area contributed by atoms with Crippen molar-refractivity contribution < 1.29 is 14.3 Å². The van der Waals surface area contributed by atoms with Gasteiger partial charge in [-0.2, -0.15) is 0 Å². The summed E-state index contributed by atoms with van der Waals surface area (Å²) >= 11 is 6.17. The molecule has 148 valence electrons. The van der Waals surface area contributed by atoms with Crippen LogP contribution in [-0.2, 0) is 19.7 Å². The highest BCUT2D eigenvalue weighted by Gasteiger charge is 2.41. The molecule has 1 saturated carbocycles. The third kappa shape index (κ3) is 4.28. The smallest absolute Gasteiger partial charge is 0.242 e. The first-order chi connectivity index (χ1) is 13.0. The third-order valence-electron chi connectivity index (χ3n) is 6.05. The van der Waals surface area contributed by atoms with Gasteiger partial charge in [-0.1, -0.05) is 23.7 Å². The van der Waals surface area contributed by atoms with Crippen molar-refractivity contribution in [2.75, 3.05) is 39.9 Å². The molecular formula is C20H28ClN3O3. The van der Waals surface area contributed by atoms with Crippen LogP contribution in [0.3, 0.4) is 0 Å². The van der Waals surface area contributed by atoms with E-state index < -0.39 is 0 Å². The monoisotopic (exact) mass is 393 g/mol. The molecule has 2 fully saturated rings. The van der Waals surface area contributed by atoms with Crippen LogP contribution in [0.15, 0.2) is 24.3 Å². The number of carbonyl (C=O) groups is 2. The summed E-state index contributed by atoms with van der Waals surface area (Å²) in [6.45, 7) is 1.78. The normalized spacial score (nSPS) is 26.6. The molecule has 27 heavy (non-hydrogen) atoms. The highest BCUT2D eigenvalue weighted by Crippen LogP contribution is 2.41. The number of amides is 2. The SMILES string of the molecule is COCCN1CC(=O)N([C@H]2CC[C@](CN)(c3cccc(Cl)c3)CC2)CC1=O. The Balaban J connectivity index is 1.65. The van der Waals surface area contributed by atoms with Crippen molar-refractivity contribution in [2.45, 2.75) is 37.1 Å². The van der Waals surface area contributed by atoms with Crippen LogP contribution in [0.5, 0.6) is 0 Å². The number of hydrogen-bond donors (Lipinski definition) is 1. The number of benzene rings is 1. The first-order valence-electron chi connectivity index (χ1n) is 9.51. The lowest BCUT2D eigenvalue weighted by Gasteiger charge is -2.45. The van der Waals surface area contributed by atoms with Crippen LogP contribution < -0.4 is 5.73 Å². The summed E-state index contributed by atoms with van der Waals surface area (Å²) in [4.78, 5) is 28.3. The predicted molar refractivity (Wildman–Crippen MR) is 105 cm³/mol. The van der Waals surface area contributed by atoms with Gasteiger partial charge in [0, 0.05) is 36.7 Å². The second kappa shape index (κ2) is 8.59. The number of hydrogen-bond acceptors (Lipinski definition) is 4. The Morgan fingerprint density at radius 2 is 1.96 bits per heavy atom. The van der Waals surface area contributed by atoms with Crippen molar-refractivity contribution in [3.8, 4) is 0 Å². The minimum atomic E-state index is -0.102. The Morgan fingerprint density at radius 1 is 1.22 bits per heavy atom. The number of carbonyl (C=O) groups excluding carboxylic acids is 2. The molecule has 0 atom stereocenters. The molecule has 0 spiro atoms. The lowest BCUT2D eigenvalue weighted by Crippen LogP contribution is -2.58. The molecule has 0 radical (unpaired) electrons. The summed E-state index contributed by atoms with van der Waals surface area (Å²) in [5.41, 5.74) is 7.23. The van der Waals surface area contributed by atoms with Crippen LogP contribution >= 0.6 is 11.6 Å². The van der Waals surface area contributed by atoms with Gasteiger partial charge in [-0.25, -0.2) is 0 Å². The number of ether oxygens (including phenoxy) is 1. The Bertz CT molecular complexity index is 689. The van der Waals surface area contributed by atoms with Crippen molar-refractivity contribution in [3.63, 3.8) is 0 Å². The molecule has 3 rings (SSSR count). The van der Waals surface area contributed by atoms with E-state index >= 15 is 0 Å². The zero-order chi connectivity index (χ0) is 19.4. The average Bonchev–Trinajstić information content (AvgIpc) is 2.68. The first-order valence-corrected chi connectivity index (χ1v) is 9.89. The fourth-order valence-electron chi connectivity index (χ4n) is 4.31. The zero-order valence-electron chi connectivity index (χ0n) is 15.8. The van der Waals surface area contributed by atoms with Crippen molar-refractivity contribution in [1.29, 1.82) is 0 Å². The molecule has 0 aromatic heterocycles. The van der Waals surface area contributed by atoms with Crippen LogP contribution in [0.2, 0.25) is 5.02 Å². The molecule has 2 aliphatic rings. The second-order valence-corrected chi connectivity index (χ2v) is 7.99. The number of nitrogens with zero attached hydrogens (tertiary/aromatic N) is 2. The van der Waals surface area contributed by atoms with Crippen LogP contribution in [0, 0.1) is 0 Å². The molecule has 2 amide bonds. The van der Waals surface area contributed by atoms with Crippen molar-refractivity contribution in [1.82, 2.24) is 9.80 Å². The quantitative estimate of drug-likeness (QED) is 0.799. The molecule has 0 unspecified atom stereocenters. The number of methoxy groups -OCH3 is 1. The lowest BCUT2D eigenvalue weighted by molar-refractivity contribution is -0.153. The molecule has 0 bridgehead atoms. The molecule has 1 heterocycles. The van der Waals surface area contributed by atoms with E-state index in [4.69, 9.17) is 22.1 Å². The van der Waals surface area contributed by atoms with E-state index in [-0.39, 0.29) is 36.4 Å². The van der Waals surface area contributed by atoms with Crippen molar-refractivity contribution in [2.24, 2.45) is 5.73 Å². The van der Waals surface area contributed by atoms with Crippen LogP contribution in [0.1, 0.15) is 31.2 Å². The third-order valence-corrected chi connectivity index (χ3v) is 6.29. The molecule has 1 saturated heterocycles. The summed E-state index contributed by atoms with van der Waals surface area (Å²) in [7, 11) is 1.59. The van der Waals surface area contributed by atoms with E-state index in [1.165, 1.54) is 5.56 Å². The summed E-state index contributed by atoms with van der Waals surface area (Å²) in [5, 5.41) is 0.718. The summed E-state index contributed by atoms with van der Waals surface area (Å²) < 4.78 is 5.02. The van der Waals surface area contributed by atoms with Gasteiger partial charge in [0.15, 0.2) is 0 Å². The molecule has 7 heteroatoms. The maximum Gasteiger partial charge on any atom is 0.242 e. The Morgan fingerprint density at radius 3 is 2.59 bits per heavy atom. The fraction of sp³-hybridized carbons (Fsp3) is 0.600. The molecule has 1 aromatic carbocycles. The van der Waals surface area contributed by atoms with Gasteiger partial charge in [0.1, 0.15) is 6.54 Å². The number of rotatable bonds is 6. The van der Waals surface area contributed by atoms with Gasteiger partial charge in [-0.15, -0.1) is 0 Å². The summed E-state index contributed by atoms with van der Waals surface area (Å²) in [6, 6.07) is 8.02. The largest absolute Gasteiger partial charge is 0.383 e. The van der Waals surface area contributed by atoms with Gasteiger partial charge in [0.05, 0.1) is 13.2 Å². The first kappa shape index (κ1) is 20.1. The number of nitrogens with two attached hydrogens (primary N) is 1. The molecule has 1 aliphatic carbocycles. The highest BCUT2D eigenvalue weighted by molar-refractivity contribution is 6.30. The Hall–Kier alpha value is -1.63. The molecule has 1 aromatic rings. The van der Waals surface area contributed by atoms with Crippen LogP contribution in [0.4, 0.5) is 0 Å². The van der Waals surface area contributed by atoms with E-state index in [0.29, 0.717) is 19.7 Å². The molecular weight excluding hydrogens is 366 g/mol. The predicted octanol–water partition coefficient (Wildman–Crippen LogP) is 1.80. The lowest BCUT2D eigenvalue weighted by atomic mass is 9.68. The minimum absolute atomic E-state index is 0.00264. The molecule has 6 nitrogen and oxygen atoms in total. The Labute approximate surface area is 165 Å². The van der Waals surface area contributed by atoms with E-state index in [1.807, 2.05) is 18.2 Å². The van der Waals surface area contributed by atoms with Crippen molar-refractivity contribution in [3.05, 3.63) is 34.9 Å². The average molecular weight is 394 g/mol. The fourth-order valence-corrected chi connectivity index (χ4v) is 4.50. The molecule has 2 N–H and O–H groups in total. The standard InChI is InChI=1S/C20H28ClN3O3/c1-27-10-9-23-12-19(26)24(13-18(23)25)17-5-7-20(14-22,8-6-17)15-3-2-4-16(21)11-15/h2-4,11,17H,5-10,12-14,22H2,1H3/t17-,20-. The van der Waals surface area contributed by atoms with E-state index in [0.717, 1.165) is 30.7 Å². The second-order valence-electron chi connectivity index (χ2n) is 7.56. The van der Waals surface area contributed by atoms with E-state index in [9.17, 15) is 9.59 Å². The van der Waals surface area contributed by atoms with Crippen molar-refractivity contribution >= 4 is 23.4 Å². The minimum Gasteiger partial charge on any atom is -0.383 e.